The van der Waals surface area contributed by atoms with Crippen LogP contribution in [0.15, 0.2) is 23.1 Å². The number of aryl methyl sites for hydroxylation is 1. The Morgan fingerprint density at radius 3 is 2.79 bits per heavy atom. The molecular weight excluding hydrogens is 266 g/mol. The van der Waals surface area contributed by atoms with Crippen molar-refractivity contribution in [3.05, 3.63) is 23.8 Å². The molecule has 7 heteroatoms. The van der Waals surface area contributed by atoms with Gasteiger partial charge in [0.25, 0.3) is 0 Å². The van der Waals surface area contributed by atoms with Crippen molar-refractivity contribution in [3.8, 4) is 0 Å². The largest absolute Gasteiger partial charge is 0.397 e. The van der Waals surface area contributed by atoms with Crippen molar-refractivity contribution >= 4 is 21.6 Å². The normalized spacial score (nSPS) is 15.6. The van der Waals surface area contributed by atoms with E-state index in [0.29, 0.717) is 13.1 Å². The van der Waals surface area contributed by atoms with Crippen LogP contribution in [0.25, 0.3) is 0 Å². The molecule has 6 nitrogen and oxygen atoms in total. The fourth-order valence-electron chi connectivity index (χ4n) is 1.99. The van der Waals surface area contributed by atoms with Gasteiger partial charge in [-0.25, -0.2) is 13.2 Å². The topological polar surface area (TPSA) is 92.5 Å². The highest BCUT2D eigenvalue weighted by molar-refractivity contribution is 7.91. The second-order valence-electron chi connectivity index (χ2n) is 4.52. The highest BCUT2D eigenvalue weighted by atomic mass is 32.2. The maximum absolute atomic E-state index is 12.2. The van der Waals surface area contributed by atoms with E-state index in [4.69, 9.17) is 5.73 Å². The highest BCUT2D eigenvalue weighted by Gasteiger charge is 2.24. The summed E-state index contributed by atoms with van der Waals surface area (Å²) in [7, 11) is -3.47. The molecule has 1 aliphatic heterocycles. The number of nitrogen functional groups attached to an aromatic ring is 1. The van der Waals surface area contributed by atoms with Gasteiger partial charge in [0.05, 0.1) is 16.3 Å². The molecule has 0 spiro atoms. The van der Waals surface area contributed by atoms with E-state index in [9.17, 15) is 13.2 Å². The summed E-state index contributed by atoms with van der Waals surface area (Å²) in [6, 6.07) is 4.72. The first-order valence-corrected chi connectivity index (χ1v) is 7.67. The minimum absolute atomic E-state index is 0.117. The van der Waals surface area contributed by atoms with Gasteiger partial charge in [-0.05, 0) is 18.6 Å². The average molecular weight is 283 g/mol. The van der Waals surface area contributed by atoms with E-state index in [1.54, 1.807) is 19.1 Å². The quantitative estimate of drug-likeness (QED) is 0.781. The number of sulfone groups is 1. The number of hydrogen-bond acceptors (Lipinski definition) is 4. The van der Waals surface area contributed by atoms with Gasteiger partial charge in [0, 0.05) is 19.6 Å². The van der Waals surface area contributed by atoms with Gasteiger partial charge in [-0.2, -0.15) is 0 Å². The van der Waals surface area contributed by atoms with Crippen molar-refractivity contribution in [2.75, 3.05) is 31.1 Å². The summed E-state index contributed by atoms with van der Waals surface area (Å²) in [6.07, 6.45) is 0. The van der Waals surface area contributed by atoms with Gasteiger partial charge in [-0.3, -0.25) is 0 Å². The van der Waals surface area contributed by atoms with Crippen molar-refractivity contribution in [3.63, 3.8) is 0 Å². The Labute approximate surface area is 112 Å². The molecule has 2 rings (SSSR count). The van der Waals surface area contributed by atoms with E-state index >= 15 is 0 Å². The zero-order chi connectivity index (χ0) is 14.0. The first-order chi connectivity index (χ1) is 8.92. The van der Waals surface area contributed by atoms with E-state index in [1.807, 2.05) is 0 Å². The lowest BCUT2D eigenvalue weighted by Crippen LogP contribution is -2.32. The summed E-state index contributed by atoms with van der Waals surface area (Å²) in [5.41, 5.74) is 6.83. The van der Waals surface area contributed by atoms with Crippen LogP contribution in [-0.2, 0) is 9.84 Å². The number of benzene rings is 1. The molecule has 104 valence electrons. The minimum Gasteiger partial charge on any atom is -0.397 e. The highest BCUT2D eigenvalue weighted by Crippen LogP contribution is 2.22. The number of rotatable bonds is 4. The summed E-state index contributed by atoms with van der Waals surface area (Å²) in [4.78, 5) is 13.0. The molecule has 1 aromatic carbocycles. The van der Waals surface area contributed by atoms with Gasteiger partial charge < -0.3 is 16.0 Å². The molecule has 2 amide bonds. The van der Waals surface area contributed by atoms with Gasteiger partial charge >= 0.3 is 6.03 Å². The third-order valence-electron chi connectivity index (χ3n) is 3.19. The fraction of sp³-hybridized carbons (Fsp3) is 0.417. The molecule has 0 saturated carbocycles. The van der Waals surface area contributed by atoms with Crippen LogP contribution in [0, 0.1) is 6.92 Å². The number of nitrogens with one attached hydrogen (secondary N) is 1. The summed E-state index contributed by atoms with van der Waals surface area (Å²) in [5.74, 6) is -0.117. The lowest BCUT2D eigenvalue weighted by Gasteiger charge is -2.15. The number of anilines is 1. The van der Waals surface area contributed by atoms with E-state index < -0.39 is 9.84 Å². The molecule has 0 atom stereocenters. The zero-order valence-corrected chi connectivity index (χ0v) is 11.5. The summed E-state index contributed by atoms with van der Waals surface area (Å²) < 4.78 is 24.5. The Hall–Kier alpha value is -1.76. The predicted molar refractivity (Wildman–Crippen MR) is 72.6 cm³/mol. The van der Waals surface area contributed by atoms with Crippen molar-refractivity contribution < 1.29 is 13.2 Å². The van der Waals surface area contributed by atoms with Gasteiger partial charge in [0.15, 0.2) is 9.84 Å². The number of amides is 2. The lowest BCUT2D eigenvalue weighted by atomic mass is 10.2. The zero-order valence-electron chi connectivity index (χ0n) is 10.7. The van der Waals surface area contributed by atoms with Crippen molar-refractivity contribution in [2.45, 2.75) is 11.8 Å². The molecule has 0 aromatic heterocycles. The first kappa shape index (κ1) is 13.7. The minimum atomic E-state index is -3.47. The molecule has 1 aliphatic rings. The summed E-state index contributed by atoms with van der Waals surface area (Å²) in [5, 5.41) is 2.63. The molecule has 1 aromatic rings. The first-order valence-electron chi connectivity index (χ1n) is 6.02. The van der Waals surface area contributed by atoms with Gasteiger partial charge in [0.2, 0.25) is 0 Å². The van der Waals surface area contributed by atoms with E-state index in [1.165, 1.54) is 11.0 Å². The Balaban J connectivity index is 2.14. The average Bonchev–Trinajstić information content (AvgIpc) is 2.76. The number of hydrogen-bond donors (Lipinski definition) is 2. The monoisotopic (exact) mass is 283 g/mol. The lowest BCUT2D eigenvalue weighted by molar-refractivity contribution is 0.220. The molecule has 0 bridgehead atoms. The van der Waals surface area contributed by atoms with Crippen LogP contribution < -0.4 is 11.1 Å². The second kappa shape index (κ2) is 5.08. The number of nitrogens with zero attached hydrogens (tertiary/aromatic N) is 1. The molecule has 1 saturated heterocycles. The molecule has 0 radical (unpaired) electrons. The van der Waals surface area contributed by atoms with Crippen LogP contribution in [0.4, 0.5) is 10.5 Å². The number of para-hydroxylation sites is 1. The van der Waals surface area contributed by atoms with Crippen LogP contribution in [0.5, 0.6) is 0 Å². The molecule has 0 aliphatic carbocycles. The molecular formula is C12H17N3O3S. The van der Waals surface area contributed by atoms with Crippen LogP contribution in [0.1, 0.15) is 5.56 Å². The van der Waals surface area contributed by atoms with Crippen molar-refractivity contribution in [2.24, 2.45) is 0 Å². The maximum Gasteiger partial charge on any atom is 0.317 e. The molecule has 3 N–H and O–H groups in total. The van der Waals surface area contributed by atoms with Gasteiger partial charge in [-0.15, -0.1) is 0 Å². The third kappa shape index (κ3) is 2.81. The maximum atomic E-state index is 12.2. The van der Waals surface area contributed by atoms with E-state index in [-0.39, 0.29) is 28.9 Å². The Morgan fingerprint density at radius 1 is 1.42 bits per heavy atom. The Bertz CT molecular complexity index is 598. The molecule has 1 heterocycles. The second-order valence-corrected chi connectivity index (χ2v) is 6.60. The number of urea groups is 1. The molecule has 1 fully saturated rings. The van der Waals surface area contributed by atoms with Crippen LogP contribution in [0.3, 0.4) is 0 Å². The van der Waals surface area contributed by atoms with Crippen molar-refractivity contribution in [1.82, 2.24) is 10.2 Å². The fourth-order valence-corrected chi connectivity index (χ4v) is 3.45. The SMILES string of the molecule is Cc1cccc(S(=O)(=O)CCN2CCNC2=O)c1N. The van der Waals surface area contributed by atoms with Crippen LogP contribution in [-0.4, -0.2) is 44.7 Å². The molecule has 19 heavy (non-hydrogen) atoms. The standard InChI is InChI=1S/C12H17N3O3S/c1-9-3-2-4-10(11(9)13)19(17,18)8-7-15-6-5-14-12(15)16/h2-4H,5-8,13H2,1H3,(H,14,16). The summed E-state index contributed by atoms with van der Waals surface area (Å²) in [6.45, 7) is 3.05. The number of carbonyl (C=O) groups is 1. The number of nitrogens with two attached hydrogens (primary N) is 1. The Kier molecular flexibility index (Phi) is 3.66. The van der Waals surface area contributed by atoms with Gasteiger partial charge in [0.1, 0.15) is 0 Å². The van der Waals surface area contributed by atoms with Crippen LogP contribution in [0.2, 0.25) is 0 Å². The summed E-state index contributed by atoms with van der Waals surface area (Å²) >= 11 is 0. The van der Waals surface area contributed by atoms with Gasteiger partial charge in [-0.1, -0.05) is 12.1 Å². The number of carbonyl (C=O) groups excluding carboxylic acids is 1. The molecule has 0 unspecified atom stereocenters. The van der Waals surface area contributed by atoms with E-state index in [2.05, 4.69) is 5.32 Å². The van der Waals surface area contributed by atoms with Crippen molar-refractivity contribution in [1.29, 1.82) is 0 Å². The smallest absolute Gasteiger partial charge is 0.317 e. The Morgan fingerprint density at radius 2 is 2.16 bits per heavy atom. The van der Waals surface area contributed by atoms with E-state index in [0.717, 1.165) is 5.56 Å². The third-order valence-corrected chi connectivity index (χ3v) is 4.94. The predicted octanol–water partition coefficient (Wildman–Crippen LogP) is 0.376. The van der Waals surface area contributed by atoms with Crippen LogP contribution >= 0.6 is 0 Å².